The van der Waals surface area contributed by atoms with Crippen molar-refractivity contribution >= 4 is 17.7 Å². The van der Waals surface area contributed by atoms with E-state index in [0.717, 1.165) is 4.90 Å². The molecule has 1 N–H and O–H groups in total. The van der Waals surface area contributed by atoms with Gasteiger partial charge in [-0.2, -0.15) is 8.78 Å². The van der Waals surface area contributed by atoms with E-state index in [9.17, 15) is 23.2 Å². The van der Waals surface area contributed by atoms with Gasteiger partial charge in [0.1, 0.15) is 11.8 Å². The van der Waals surface area contributed by atoms with Crippen molar-refractivity contribution in [1.82, 2.24) is 10.2 Å². The lowest BCUT2D eigenvalue weighted by molar-refractivity contribution is -0.148. The second-order valence-electron chi connectivity index (χ2n) is 8.05. The van der Waals surface area contributed by atoms with Crippen molar-refractivity contribution in [3.05, 3.63) is 42.0 Å². The highest BCUT2D eigenvalue weighted by Gasteiger charge is 2.51. The van der Waals surface area contributed by atoms with Crippen LogP contribution in [0.5, 0.6) is 5.75 Å². The number of rotatable bonds is 8. The summed E-state index contributed by atoms with van der Waals surface area (Å²) < 4.78 is 29.7. The first kappa shape index (κ1) is 21.9. The van der Waals surface area contributed by atoms with E-state index in [4.69, 9.17) is 0 Å². The van der Waals surface area contributed by atoms with E-state index in [2.05, 4.69) is 10.1 Å². The van der Waals surface area contributed by atoms with Crippen molar-refractivity contribution in [3.63, 3.8) is 0 Å². The molecule has 2 aliphatic rings. The van der Waals surface area contributed by atoms with Crippen LogP contribution in [0.25, 0.3) is 0 Å². The number of nitrogens with one attached hydrogen (secondary N) is 1. The fourth-order valence-electron chi connectivity index (χ4n) is 4.07. The predicted molar refractivity (Wildman–Crippen MR) is 105 cm³/mol. The first-order chi connectivity index (χ1) is 14.3. The number of amides is 3. The Hall–Kier alpha value is -2.77. The van der Waals surface area contributed by atoms with Crippen LogP contribution in [0.4, 0.5) is 8.78 Å². The van der Waals surface area contributed by atoms with Crippen LogP contribution < -0.4 is 10.1 Å². The molecule has 1 aliphatic carbocycles. The van der Waals surface area contributed by atoms with E-state index in [1.807, 2.05) is 26.0 Å². The Morgan fingerprint density at radius 1 is 1.13 bits per heavy atom. The molecular formula is C22H26F2N2O4. The van der Waals surface area contributed by atoms with Gasteiger partial charge in [-0.3, -0.25) is 19.3 Å². The van der Waals surface area contributed by atoms with Crippen LogP contribution in [-0.2, 0) is 20.9 Å². The molecule has 3 atom stereocenters. The summed E-state index contributed by atoms with van der Waals surface area (Å²) in [6.07, 6.45) is 5.12. The molecule has 3 rings (SSSR count). The van der Waals surface area contributed by atoms with Gasteiger partial charge in [-0.1, -0.05) is 44.2 Å². The summed E-state index contributed by atoms with van der Waals surface area (Å²) in [5.41, 5.74) is 0.381. The molecule has 1 aromatic carbocycles. The maximum atomic E-state index is 13.0. The molecule has 1 aromatic rings. The maximum absolute atomic E-state index is 13.0. The van der Waals surface area contributed by atoms with Crippen molar-refractivity contribution in [2.45, 2.75) is 52.3 Å². The lowest BCUT2D eigenvalue weighted by atomic mass is 9.85. The lowest BCUT2D eigenvalue weighted by Crippen LogP contribution is -2.50. The van der Waals surface area contributed by atoms with E-state index >= 15 is 0 Å². The summed E-state index contributed by atoms with van der Waals surface area (Å²) >= 11 is 0. The van der Waals surface area contributed by atoms with Crippen LogP contribution in [0.2, 0.25) is 0 Å². The van der Waals surface area contributed by atoms with Gasteiger partial charge in [0.2, 0.25) is 17.7 Å². The number of hydrogen-bond acceptors (Lipinski definition) is 4. The van der Waals surface area contributed by atoms with Gasteiger partial charge in [0.05, 0.1) is 11.8 Å². The van der Waals surface area contributed by atoms with Gasteiger partial charge in [-0.05, 0) is 31.2 Å². The molecule has 162 valence electrons. The summed E-state index contributed by atoms with van der Waals surface area (Å²) in [5, 5.41) is 2.69. The first-order valence-corrected chi connectivity index (χ1v) is 10.1. The molecule has 1 heterocycles. The van der Waals surface area contributed by atoms with E-state index in [1.165, 1.54) is 6.07 Å². The molecule has 0 spiro atoms. The number of alkyl halides is 2. The van der Waals surface area contributed by atoms with Crippen molar-refractivity contribution in [2.75, 3.05) is 0 Å². The monoisotopic (exact) mass is 420 g/mol. The molecule has 30 heavy (non-hydrogen) atoms. The largest absolute Gasteiger partial charge is 0.434 e. The number of ether oxygens (including phenoxy) is 1. The number of imide groups is 1. The van der Waals surface area contributed by atoms with E-state index in [1.54, 1.807) is 18.2 Å². The Bertz CT molecular complexity index is 814. The number of carbonyl (C=O) groups is 3. The van der Waals surface area contributed by atoms with Gasteiger partial charge < -0.3 is 10.1 Å². The van der Waals surface area contributed by atoms with Crippen LogP contribution in [0.3, 0.4) is 0 Å². The average molecular weight is 420 g/mol. The number of halogens is 2. The standard InChI is InChI=1S/C22H26F2N2O4/c1-13(2)11-17(26-20(28)15-8-4-5-9-16(15)21(26)29)19(27)25-12-14-7-3-6-10-18(14)30-22(23)24/h3-7,10,13,15-17,22H,8-9,11-12H2,1-2H3,(H,25,27). The normalized spacial score (nSPS) is 21.9. The second-order valence-corrected chi connectivity index (χ2v) is 8.05. The third-order valence-corrected chi connectivity index (χ3v) is 5.49. The van der Waals surface area contributed by atoms with Gasteiger partial charge in [-0.25, -0.2) is 0 Å². The van der Waals surface area contributed by atoms with Crippen LogP contribution >= 0.6 is 0 Å². The third kappa shape index (κ3) is 4.68. The van der Waals surface area contributed by atoms with Gasteiger partial charge in [-0.15, -0.1) is 0 Å². The van der Waals surface area contributed by atoms with Crippen LogP contribution in [0.1, 0.15) is 38.7 Å². The zero-order chi connectivity index (χ0) is 21.8. The SMILES string of the molecule is CC(C)CC(C(=O)NCc1ccccc1OC(F)F)N1C(=O)C2CC=CCC2C1=O. The number of allylic oxidation sites excluding steroid dienone is 2. The van der Waals surface area contributed by atoms with Crippen LogP contribution in [0, 0.1) is 17.8 Å². The van der Waals surface area contributed by atoms with Gasteiger partial charge >= 0.3 is 6.61 Å². The molecule has 3 unspecified atom stereocenters. The Morgan fingerprint density at radius 3 is 2.30 bits per heavy atom. The van der Waals surface area contributed by atoms with Crippen LogP contribution in [-0.4, -0.2) is 35.3 Å². The Kier molecular flexibility index (Phi) is 6.84. The highest BCUT2D eigenvalue weighted by atomic mass is 19.3. The number of fused-ring (bicyclic) bond motifs is 1. The zero-order valence-corrected chi connectivity index (χ0v) is 17.0. The average Bonchev–Trinajstić information content (AvgIpc) is 2.95. The summed E-state index contributed by atoms with van der Waals surface area (Å²) in [5.74, 6) is -1.89. The Balaban J connectivity index is 1.76. The third-order valence-electron chi connectivity index (χ3n) is 5.49. The molecule has 3 amide bonds. The number of benzene rings is 1. The molecule has 0 saturated carbocycles. The fourth-order valence-corrected chi connectivity index (χ4v) is 4.07. The van der Waals surface area contributed by atoms with Crippen LogP contribution in [0.15, 0.2) is 36.4 Å². The summed E-state index contributed by atoms with van der Waals surface area (Å²) in [6, 6.07) is 5.24. The molecular weight excluding hydrogens is 394 g/mol. The second kappa shape index (κ2) is 9.36. The zero-order valence-electron chi connectivity index (χ0n) is 17.0. The van der Waals surface area contributed by atoms with Crippen molar-refractivity contribution in [2.24, 2.45) is 17.8 Å². The molecule has 0 bridgehead atoms. The minimum Gasteiger partial charge on any atom is -0.434 e. The number of para-hydroxylation sites is 1. The minimum absolute atomic E-state index is 0.0290. The summed E-state index contributed by atoms with van der Waals surface area (Å²) in [4.78, 5) is 40.0. The van der Waals surface area contributed by atoms with Crippen molar-refractivity contribution in [1.29, 1.82) is 0 Å². The highest BCUT2D eigenvalue weighted by molar-refractivity contribution is 6.08. The van der Waals surface area contributed by atoms with Gasteiger partial charge in [0.25, 0.3) is 0 Å². The van der Waals surface area contributed by atoms with E-state index < -0.39 is 30.4 Å². The predicted octanol–water partition coefficient (Wildman–Crippen LogP) is 3.27. The quantitative estimate of drug-likeness (QED) is 0.517. The minimum atomic E-state index is -2.98. The number of hydrogen-bond donors (Lipinski definition) is 1. The number of likely N-dealkylation sites (tertiary alicyclic amines) is 1. The van der Waals surface area contributed by atoms with E-state index in [-0.39, 0.29) is 30.0 Å². The topological polar surface area (TPSA) is 75.7 Å². The Labute approximate surface area is 174 Å². The lowest BCUT2D eigenvalue weighted by Gasteiger charge is -2.27. The van der Waals surface area contributed by atoms with Crippen molar-refractivity contribution < 1.29 is 27.9 Å². The van der Waals surface area contributed by atoms with E-state index in [0.29, 0.717) is 24.8 Å². The number of nitrogens with zero attached hydrogens (tertiary/aromatic N) is 1. The Morgan fingerprint density at radius 2 is 1.73 bits per heavy atom. The smallest absolute Gasteiger partial charge is 0.387 e. The molecule has 0 aromatic heterocycles. The molecule has 0 radical (unpaired) electrons. The van der Waals surface area contributed by atoms with Gasteiger partial charge in [0, 0.05) is 12.1 Å². The molecule has 8 heteroatoms. The molecule has 1 aliphatic heterocycles. The van der Waals surface area contributed by atoms with Crippen molar-refractivity contribution in [3.8, 4) is 5.75 Å². The number of carbonyl (C=O) groups excluding carboxylic acids is 3. The molecule has 1 fully saturated rings. The molecule has 1 saturated heterocycles. The molecule has 6 nitrogen and oxygen atoms in total. The first-order valence-electron chi connectivity index (χ1n) is 10.1. The maximum Gasteiger partial charge on any atom is 0.387 e. The van der Waals surface area contributed by atoms with Gasteiger partial charge in [0.15, 0.2) is 0 Å². The summed E-state index contributed by atoms with van der Waals surface area (Å²) in [6.45, 7) is 0.783. The highest BCUT2D eigenvalue weighted by Crippen LogP contribution is 2.37. The fraction of sp³-hybridized carbons (Fsp3) is 0.500. The summed E-state index contributed by atoms with van der Waals surface area (Å²) in [7, 11) is 0.